The van der Waals surface area contributed by atoms with E-state index in [9.17, 15) is 9.59 Å². The Morgan fingerprint density at radius 2 is 1.06 bits per heavy atom. The summed E-state index contributed by atoms with van der Waals surface area (Å²) in [5.74, 6) is 0.554. The Kier molecular flexibility index (Phi) is 3.78. The predicted octanol–water partition coefficient (Wildman–Crippen LogP) is 2.91. The van der Waals surface area contributed by atoms with Crippen LogP contribution in [-0.4, -0.2) is 11.6 Å². The van der Waals surface area contributed by atoms with Crippen molar-refractivity contribution in [1.29, 1.82) is 0 Å². The number of Topliss-reactive ketones (excluding diaryl/α,β-unsaturated/α-hetero) is 2. The molecule has 0 aromatic heterocycles. The van der Waals surface area contributed by atoms with Crippen LogP contribution >= 0.6 is 0 Å². The first-order valence-corrected chi connectivity index (χ1v) is 6.47. The highest BCUT2D eigenvalue weighted by Gasteiger charge is 2.35. The van der Waals surface area contributed by atoms with Gasteiger partial charge in [0.05, 0.1) is 0 Å². The normalized spacial score (nSPS) is 23.1. The van der Waals surface area contributed by atoms with Gasteiger partial charge < -0.3 is 0 Å². The number of ketones is 2. The second kappa shape index (κ2) is 5.11. The van der Waals surface area contributed by atoms with Crippen LogP contribution in [0.5, 0.6) is 0 Å². The lowest BCUT2D eigenvalue weighted by Crippen LogP contribution is -2.28. The summed E-state index contributed by atoms with van der Waals surface area (Å²) in [7, 11) is 0. The maximum atomic E-state index is 12.0. The summed E-state index contributed by atoms with van der Waals surface area (Å²) in [5.41, 5.74) is 0. The highest BCUT2D eigenvalue weighted by atomic mass is 16.2. The summed E-state index contributed by atoms with van der Waals surface area (Å²) >= 11 is 0. The Labute approximate surface area is 97.8 Å². The van der Waals surface area contributed by atoms with Crippen molar-refractivity contribution in [2.24, 2.45) is 11.8 Å². The monoisotopic (exact) mass is 220 g/mol. The molecule has 2 radical (unpaired) electrons. The second-order valence-corrected chi connectivity index (χ2v) is 5.17. The SMILES string of the molecule is [CH2][C](C(=O)C1CCCC1)C(=O)C1CCCC1. The zero-order valence-electron chi connectivity index (χ0n) is 9.84. The van der Waals surface area contributed by atoms with E-state index in [1.165, 1.54) is 0 Å². The number of carbonyl (C=O) groups excluding carboxylic acids is 2. The van der Waals surface area contributed by atoms with Crippen LogP contribution in [0.4, 0.5) is 0 Å². The average Bonchev–Trinajstić information content (AvgIpc) is 2.97. The predicted molar refractivity (Wildman–Crippen MR) is 62.5 cm³/mol. The Balaban J connectivity index is 1.92. The molecule has 2 saturated carbocycles. The van der Waals surface area contributed by atoms with Crippen molar-refractivity contribution in [2.45, 2.75) is 51.4 Å². The standard InChI is InChI=1S/C14H20O2/c1-10(13(15)11-6-2-3-7-11)14(16)12-8-4-5-9-12/h11-12H,1-9H2. The van der Waals surface area contributed by atoms with E-state index in [0.29, 0.717) is 5.92 Å². The summed E-state index contributed by atoms with van der Waals surface area (Å²) in [6, 6.07) is 0. The first-order valence-electron chi connectivity index (χ1n) is 6.47. The van der Waals surface area contributed by atoms with E-state index in [4.69, 9.17) is 0 Å². The fourth-order valence-electron chi connectivity index (χ4n) is 2.99. The minimum absolute atomic E-state index is 0.0365. The molecule has 0 N–H and O–H groups in total. The molecule has 2 aliphatic rings. The van der Waals surface area contributed by atoms with Gasteiger partial charge in [0.1, 0.15) is 5.92 Å². The minimum atomic E-state index is 0.0365. The molecule has 0 heterocycles. The molecule has 0 aromatic carbocycles. The fourth-order valence-corrected chi connectivity index (χ4v) is 2.99. The van der Waals surface area contributed by atoms with E-state index in [0.717, 1.165) is 51.4 Å². The van der Waals surface area contributed by atoms with Gasteiger partial charge in [-0.25, -0.2) is 0 Å². The zero-order valence-corrected chi connectivity index (χ0v) is 9.84. The maximum Gasteiger partial charge on any atom is 0.150 e. The van der Waals surface area contributed by atoms with Crippen molar-refractivity contribution in [1.82, 2.24) is 0 Å². The third-order valence-electron chi connectivity index (χ3n) is 4.05. The molecule has 2 aliphatic carbocycles. The molecular formula is C14H20O2. The van der Waals surface area contributed by atoms with Crippen LogP contribution in [0.1, 0.15) is 51.4 Å². The van der Waals surface area contributed by atoms with Crippen LogP contribution in [0, 0.1) is 24.7 Å². The van der Waals surface area contributed by atoms with Gasteiger partial charge >= 0.3 is 0 Å². The number of rotatable bonds is 4. The van der Waals surface area contributed by atoms with E-state index >= 15 is 0 Å². The molecule has 0 aromatic rings. The van der Waals surface area contributed by atoms with Gasteiger partial charge in [-0.1, -0.05) is 25.7 Å². The van der Waals surface area contributed by atoms with Crippen molar-refractivity contribution in [3.63, 3.8) is 0 Å². The molecule has 16 heavy (non-hydrogen) atoms. The molecule has 2 fully saturated rings. The number of hydrogen-bond donors (Lipinski definition) is 0. The van der Waals surface area contributed by atoms with Gasteiger partial charge in [-0.15, -0.1) is 0 Å². The highest BCUT2D eigenvalue weighted by Crippen LogP contribution is 2.32. The van der Waals surface area contributed by atoms with Crippen LogP contribution < -0.4 is 0 Å². The molecule has 0 spiro atoms. The zero-order chi connectivity index (χ0) is 11.5. The smallest absolute Gasteiger partial charge is 0.150 e. The molecule has 0 bridgehead atoms. The summed E-state index contributed by atoms with van der Waals surface area (Å²) in [5, 5.41) is 0. The van der Waals surface area contributed by atoms with Gasteiger partial charge in [-0.3, -0.25) is 9.59 Å². The Morgan fingerprint density at radius 1 is 0.750 bits per heavy atom. The molecule has 0 saturated heterocycles. The fraction of sp³-hybridized carbons (Fsp3) is 0.714. The summed E-state index contributed by atoms with van der Waals surface area (Å²) in [6.07, 6.45) is 8.32. The lowest BCUT2D eigenvalue weighted by atomic mass is 9.84. The summed E-state index contributed by atoms with van der Waals surface area (Å²) in [4.78, 5) is 24.0. The number of hydrogen-bond acceptors (Lipinski definition) is 2. The molecule has 2 nitrogen and oxygen atoms in total. The molecule has 2 rings (SSSR count). The lowest BCUT2D eigenvalue weighted by Gasteiger charge is -2.16. The van der Waals surface area contributed by atoms with Gasteiger partial charge in [-0.2, -0.15) is 0 Å². The molecule has 88 valence electrons. The minimum Gasteiger partial charge on any atom is -0.298 e. The molecule has 0 amide bonds. The number of carbonyl (C=O) groups is 2. The van der Waals surface area contributed by atoms with Crippen LogP contribution in [0.2, 0.25) is 0 Å². The van der Waals surface area contributed by atoms with Crippen molar-refractivity contribution in [2.75, 3.05) is 0 Å². The molecule has 0 unspecified atom stereocenters. The maximum absolute atomic E-state index is 12.0. The summed E-state index contributed by atoms with van der Waals surface area (Å²) in [6.45, 7) is 3.74. The van der Waals surface area contributed by atoms with Crippen molar-refractivity contribution >= 4 is 11.6 Å². The highest BCUT2D eigenvalue weighted by molar-refractivity contribution is 6.18. The van der Waals surface area contributed by atoms with Crippen LogP contribution in [0.15, 0.2) is 0 Å². The first-order chi connectivity index (χ1) is 7.70. The Morgan fingerprint density at radius 3 is 1.38 bits per heavy atom. The quantitative estimate of drug-likeness (QED) is 0.683. The van der Waals surface area contributed by atoms with Gasteiger partial charge in [0.25, 0.3) is 0 Å². The Bertz CT molecular complexity index is 242. The van der Waals surface area contributed by atoms with E-state index in [2.05, 4.69) is 6.92 Å². The third-order valence-corrected chi connectivity index (χ3v) is 4.05. The van der Waals surface area contributed by atoms with Gasteiger partial charge in [0.2, 0.25) is 0 Å². The van der Waals surface area contributed by atoms with E-state index in [1.807, 2.05) is 0 Å². The average molecular weight is 220 g/mol. The molecule has 0 atom stereocenters. The van der Waals surface area contributed by atoms with E-state index < -0.39 is 0 Å². The van der Waals surface area contributed by atoms with Crippen molar-refractivity contribution in [3.8, 4) is 0 Å². The van der Waals surface area contributed by atoms with Gasteiger partial charge in [0.15, 0.2) is 11.6 Å². The Hall–Kier alpha value is -0.660. The van der Waals surface area contributed by atoms with Gasteiger partial charge in [-0.05, 0) is 32.6 Å². The van der Waals surface area contributed by atoms with E-state index in [1.54, 1.807) is 0 Å². The van der Waals surface area contributed by atoms with Crippen molar-refractivity contribution < 1.29 is 9.59 Å². The third kappa shape index (κ3) is 2.36. The van der Waals surface area contributed by atoms with Crippen LogP contribution in [0.3, 0.4) is 0 Å². The second-order valence-electron chi connectivity index (χ2n) is 5.17. The molecular weight excluding hydrogens is 200 g/mol. The first kappa shape index (κ1) is 11.8. The van der Waals surface area contributed by atoms with Crippen molar-refractivity contribution in [3.05, 3.63) is 12.8 Å². The van der Waals surface area contributed by atoms with Crippen LogP contribution in [0.25, 0.3) is 0 Å². The van der Waals surface area contributed by atoms with Crippen LogP contribution in [-0.2, 0) is 9.59 Å². The molecule has 0 aliphatic heterocycles. The topological polar surface area (TPSA) is 34.1 Å². The lowest BCUT2D eigenvalue weighted by molar-refractivity contribution is -0.127. The van der Waals surface area contributed by atoms with E-state index in [-0.39, 0.29) is 23.4 Å². The largest absolute Gasteiger partial charge is 0.298 e. The molecule has 2 heteroatoms. The van der Waals surface area contributed by atoms with Gasteiger partial charge in [0, 0.05) is 11.8 Å². The summed E-state index contributed by atoms with van der Waals surface area (Å²) < 4.78 is 0.